The fourth-order valence-electron chi connectivity index (χ4n) is 12.8. The number of likely N-dealkylation sites (tertiary alicyclic amines) is 3. The number of benzene rings is 5. The molecule has 5 aromatic rings. The van der Waals surface area contributed by atoms with E-state index in [9.17, 15) is 23.7 Å². The Kier molecular flexibility index (Phi) is 17.5. The monoisotopic (exact) mass is 1120 g/mol. The number of phenolic OH excluding ortho intramolecular Hbond substituents is 3. The normalized spacial score (nSPS) is 23.5. The lowest BCUT2D eigenvalue weighted by Gasteiger charge is -2.48. The Morgan fingerprint density at radius 1 is 0.637 bits per heavy atom. The average molecular weight is 1120 g/mol. The van der Waals surface area contributed by atoms with E-state index in [1.807, 2.05) is 4.90 Å². The molecule has 3 amide bonds. The molecule has 0 radical (unpaired) electrons. The van der Waals surface area contributed by atoms with Crippen LogP contribution in [0.15, 0.2) is 109 Å². The molecule has 19 heteroatoms. The van der Waals surface area contributed by atoms with Gasteiger partial charge in [0.25, 0.3) is 0 Å². The number of carbonyl (C=O) groups excluding carboxylic acids is 5. The highest BCUT2D eigenvalue weighted by Crippen LogP contribution is 2.46. The third-order valence-corrected chi connectivity index (χ3v) is 18.4. The van der Waals surface area contributed by atoms with Gasteiger partial charge in [-0.25, -0.2) is 26.3 Å². The summed E-state index contributed by atoms with van der Waals surface area (Å²) in [6.07, 6.45) is 3.23. The predicted molar refractivity (Wildman–Crippen MR) is 297 cm³/mol. The second kappa shape index (κ2) is 24.3. The quantitative estimate of drug-likeness (QED) is 0.0661. The number of hydrogen-bond donors (Lipinski definition) is 4. The van der Waals surface area contributed by atoms with Gasteiger partial charge < -0.3 is 40.2 Å². The standard InChI is InChI=1S/C61H70F2N6O10S/c1-37-46(19-8-21-52(37)62)55-49(58(74)40-13-6-17-44(71)31-40)35-67(36-50(55)59(75)41-14-7-18-45(72)32-41)61(77)69(27-24-42-15-10-25-64-42)54-23-11-26-68(54)60(76)51-34-66(29-28-65(3)80(4,78)79)33-48(57(73)39-12-5-16-43(70)30-39)56(51)47-20-9-22-53(63)38(47)2/h5-9,12-14,16-22,30-32,42,48-51,54-56,64,70-72H,10-11,15,23-29,33-36H2,1-4H3/t42?,48-,49-,50+,51+,54?,55?,56+/m0/s1. The zero-order valence-corrected chi connectivity index (χ0v) is 46.3. The molecule has 4 saturated heterocycles. The van der Waals surface area contributed by atoms with Crippen molar-refractivity contribution in [3.63, 3.8) is 0 Å². The van der Waals surface area contributed by atoms with Gasteiger partial charge in [0, 0.05) is 112 Å². The molecule has 80 heavy (non-hydrogen) atoms. The number of aromatic hydroxyl groups is 3. The molecule has 4 N–H and O–H groups in total. The number of rotatable bonds is 17. The zero-order chi connectivity index (χ0) is 57.2. The van der Waals surface area contributed by atoms with Crippen LogP contribution in [-0.2, 0) is 14.8 Å². The topological polar surface area (TPSA) is 208 Å². The first-order valence-electron chi connectivity index (χ1n) is 27.4. The lowest BCUT2D eigenvalue weighted by Crippen LogP contribution is -2.61. The van der Waals surface area contributed by atoms with Crippen LogP contribution >= 0.6 is 0 Å². The van der Waals surface area contributed by atoms with E-state index >= 15 is 32.8 Å². The third kappa shape index (κ3) is 12.3. The van der Waals surface area contributed by atoms with Gasteiger partial charge in [-0.15, -0.1) is 0 Å². The molecular weight excluding hydrogens is 1050 g/mol. The van der Waals surface area contributed by atoms with E-state index in [4.69, 9.17) is 0 Å². The van der Waals surface area contributed by atoms with E-state index in [0.29, 0.717) is 30.4 Å². The average Bonchev–Trinajstić information content (AvgIpc) is 4.20. The predicted octanol–water partition coefficient (Wildman–Crippen LogP) is 7.71. The number of Topliss-reactive ketones (excluding diaryl/α,β-unsaturated/α-hetero) is 3. The first-order valence-corrected chi connectivity index (χ1v) is 29.3. The maximum absolute atomic E-state index is 16.1. The van der Waals surface area contributed by atoms with Crippen LogP contribution < -0.4 is 5.32 Å². The molecule has 4 aliphatic heterocycles. The number of ketones is 3. The number of amides is 3. The number of sulfonamides is 1. The van der Waals surface area contributed by atoms with Crippen molar-refractivity contribution in [3.05, 3.63) is 160 Å². The van der Waals surface area contributed by atoms with E-state index in [1.165, 1.54) is 107 Å². The smallest absolute Gasteiger partial charge is 0.321 e. The van der Waals surface area contributed by atoms with E-state index in [-0.39, 0.29) is 103 Å². The summed E-state index contributed by atoms with van der Waals surface area (Å²) in [7, 11) is -2.19. The molecular formula is C61H70F2N6O10S. The molecule has 4 aliphatic rings. The Hall–Kier alpha value is -7.06. The van der Waals surface area contributed by atoms with Gasteiger partial charge in [-0.3, -0.25) is 19.2 Å². The van der Waals surface area contributed by atoms with E-state index in [1.54, 1.807) is 41.8 Å². The van der Waals surface area contributed by atoms with Crippen LogP contribution in [0, 0.1) is 49.2 Å². The number of nitrogens with zero attached hydrogens (tertiary/aromatic N) is 5. The van der Waals surface area contributed by atoms with Crippen LogP contribution in [0.3, 0.4) is 0 Å². The molecule has 3 unspecified atom stereocenters. The van der Waals surface area contributed by atoms with Crippen molar-refractivity contribution < 1.29 is 56.5 Å². The molecule has 9 rings (SSSR count). The van der Waals surface area contributed by atoms with Gasteiger partial charge in [-0.1, -0.05) is 60.7 Å². The van der Waals surface area contributed by atoms with Crippen LogP contribution in [0.5, 0.6) is 17.2 Å². The second-order valence-electron chi connectivity index (χ2n) is 22.1. The van der Waals surface area contributed by atoms with Crippen molar-refractivity contribution in [2.75, 3.05) is 72.2 Å². The molecule has 0 bridgehead atoms. The van der Waals surface area contributed by atoms with E-state index in [0.717, 1.165) is 25.6 Å². The Balaban J connectivity index is 1.14. The largest absolute Gasteiger partial charge is 0.508 e. The van der Waals surface area contributed by atoms with Crippen LogP contribution in [0.2, 0.25) is 0 Å². The fraction of sp³-hybridized carbons (Fsp3) is 0.426. The van der Waals surface area contributed by atoms with Crippen molar-refractivity contribution in [1.82, 2.24) is 29.2 Å². The highest BCUT2D eigenvalue weighted by Gasteiger charge is 2.51. The molecule has 16 nitrogen and oxygen atoms in total. The minimum atomic E-state index is -3.63. The molecule has 8 atom stereocenters. The van der Waals surface area contributed by atoms with Crippen LogP contribution in [-0.4, -0.2) is 161 Å². The van der Waals surface area contributed by atoms with Gasteiger partial charge in [0.15, 0.2) is 17.3 Å². The van der Waals surface area contributed by atoms with Gasteiger partial charge >= 0.3 is 6.03 Å². The Labute approximate surface area is 466 Å². The number of nitrogens with one attached hydrogen (secondary N) is 1. The molecule has 0 spiro atoms. The summed E-state index contributed by atoms with van der Waals surface area (Å²) >= 11 is 0. The van der Waals surface area contributed by atoms with Crippen molar-refractivity contribution in [2.45, 2.75) is 70.0 Å². The first kappa shape index (κ1) is 57.6. The molecule has 4 heterocycles. The van der Waals surface area contributed by atoms with Crippen LogP contribution in [0.25, 0.3) is 0 Å². The van der Waals surface area contributed by atoms with Crippen LogP contribution in [0.4, 0.5) is 13.6 Å². The number of likely N-dealkylation sites (N-methyl/N-ethyl adjacent to an activating group) is 1. The summed E-state index contributed by atoms with van der Waals surface area (Å²) in [5, 5.41) is 35.3. The Bertz CT molecular complexity index is 3200. The minimum absolute atomic E-state index is 0.0270. The Morgan fingerprint density at radius 2 is 1.11 bits per heavy atom. The minimum Gasteiger partial charge on any atom is -0.508 e. The highest BCUT2D eigenvalue weighted by molar-refractivity contribution is 7.88. The van der Waals surface area contributed by atoms with Crippen molar-refractivity contribution in [3.8, 4) is 17.2 Å². The summed E-state index contributed by atoms with van der Waals surface area (Å²) in [5.74, 6) is -9.76. The Morgan fingerprint density at radius 3 is 1.59 bits per heavy atom. The lowest BCUT2D eigenvalue weighted by molar-refractivity contribution is -0.142. The molecule has 424 valence electrons. The summed E-state index contributed by atoms with van der Waals surface area (Å²) in [5.41, 5.74) is 1.67. The molecule has 0 aromatic heterocycles. The lowest BCUT2D eigenvalue weighted by atomic mass is 9.68. The van der Waals surface area contributed by atoms with Gasteiger partial charge in [0.2, 0.25) is 15.9 Å². The maximum atomic E-state index is 16.1. The van der Waals surface area contributed by atoms with E-state index in [2.05, 4.69) is 5.32 Å². The summed E-state index contributed by atoms with van der Waals surface area (Å²) in [6.45, 7) is 4.06. The van der Waals surface area contributed by atoms with Crippen molar-refractivity contribution in [2.24, 2.45) is 23.7 Å². The number of urea groups is 1. The third-order valence-electron chi connectivity index (χ3n) is 17.1. The number of carbonyl (C=O) groups is 5. The van der Waals surface area contributed by atoms with Crippen LogP contribution in [0.1, 0.15) is 97.3 Å². The number of piperidine rings is 2. The molecule has 0 aliphatic carbocycles. The van der Waals surface area contributed by atoms with Gasteiger partial charge in [-0.2, -0.15) is 0 Å². The fourth-order valence-corrected chi connectivity index (χ4v) is 13.2. The van der Waals surface area contributed by atoms with Gasteiger partial charge in [0.05, 0.1) is 12.2 Å². The molecule has 5 aromatic carbocycles. The summed E-state index contributed by atoms with van der Waals surface area (Å²) < 4.78 is 58.0. The SMILES string of the molecule is Cc1c(F)cccc1C1[C@@H](C(=O)c2cccc(O)c2)CN(C(=O)N(CCC2CCCN2)C2CCCN2C(=O)[C@@H]2CN(CCN(C)S(C)(=O)=O)C[C@H](C(=O)c3cccc(O)c3)[C@H]2c2cccc(F)c2C)C[C@H]1C(=O)c1cccc(O)c1. The number of phenols is 3. The second-order valence-corrected chi connectivity index (χ2v) is 24.2. The molecule has 4 fully saturated rings. The van der Waals surface area contributed by atoms with Gasteiger partial charge in [0.1, 0.15) is 35.0 Å². The van der Waals surface area contributed by atoms with E-state index < -0.39 is 92.6 Å². The summed E-state index contributed by atoms with van der Waals surface area (Å²) in [4.78, 5) is 84.1. The van der Waals surface area contributed by atoms with Gasteiger partial charge in [-0.05, 0) is 123 Å². The highest BCUT2D eigenvalue weighted by atomic mass is 32.2. The van der Waals surface area contributed by atoms with Crippen molar-refractivity contribution in [1.29, 1.82) is 0 Å². The first-order chi connectivity index (χ1) is 38.2. The maximum Gasteiger partial charge on any atom is 0.321 e. The molecule has 0 saturated carbocycles. The number of halogens is 2. The zero-order valence-electron chi connectivity index (χ0n) is 45.5. The van der Waals surface area contributed by atoms with Crippen molar-refractivity contribution >= 4 is 39.3 Å². The number of hydrogen-bond acceptors (Lipinski definition) is 12. The summed E-state index contributed by atoms with van der Waals surface area (Å²) in [6, 6.07) is 25.9.